The average molecular weight is 355 g/mol. The predicted molar refractivity (Wildman–Crippen MR) is 82.8 cm³/mol. The lowest BCUT2D eigenvalue weighted by Gasteiger charge is -2.19. The van der Waals surface area contributed by atoms with E-state index in [0.717, 1.165) is 23.1 Å². The fraction of sp³-hybridized carbons (Fsp3) is 0.312. The van der Waals surface area contributed by atoms with Gasteiger partial charge in [-0.2, -0.15) is 0 Å². The van der Waals surface area contributed by atoms with E-state index in [2.05, 4.69) is 4.98 Å². The van der Waals surface area contributed by atoms with Crippen molar-refractivity contribution < 1.29 is 22.5 Å². The Bertz CT molecular complexity index is 858. The Morgan fingerprint density at radius 3 is 2.56 bits per heavy atom. The van der Waals surface area contributed by atoms with Crippen LogP contribution in [0.1, 0.15) is 12.1 Å². The zero-order valence-corrected chi connectivity index (χ0v) is 13.1. The van der Waals surface area contributed by atoms with Crippen molar-refractivity contribution >= 4 is 11.5 Å². The third-order valence-electron chi connectivity index (χ3n) is 3.97. The Labute approximate surface area is 140 Å². The summed E-state index contributed by atoms with van der Waals surface area (Å²) in [5, 5.41) is 11.6. The zero-order chi connectivity index (χ0) is 18.4. The van der Waals surface area contributed by atoms with Gasteiger partial charge in [-0.15, -0.1) is 0 Å². The van der Waals surface area contributed by atoms with Gasteiger partial charge in [0.1, 0.15) is 11.6 Å². The number of hydrogen-bond donors (Lipinski definition) is 0. The summed E-state index contributed by atoms with van der Waals surface area (Å²) in [7, 11) is 0. The van der Waals surface area contributed by atoms with Crippen molar-refractivity contribution in [3.63, 3.8) is 0 Å². The Morgan fingerprint density at radius 1 is 1.24 bits per heavy atom. The molecule has 0 saturated carbocycles. The van der Waals surface area contributed by atoms with Gasteiger partial charge in [0.15, 0.2) is 0 Å². The minimum absolute atomic E-state index is 0.116. The summed E-state index contributed by atoms with van der Waals surface area (Å²) in [6.45, 7) is 0.673. The Balaban J connectivity index is 2.23. The van der Waals surface area contributed by atoms with Gasteiger partial charge in [-0.25, -0.2) is 22.5 Å². The third kappa shape index (κ3) is 3.26. The van der Waals surface area contributed by atoms with Crippen LogP contribution in [0.2, 0.25) is 0 Å². The van der Waals surface area contributed by atoms with Crippen LogP contribution in [0.3, 0.4) is 0 Å². The molecule has 132 valence electrons. The van der Waals surface area contributed by atoms with Crippen molar-refractivity contribution in [1.82, 2.24) is 4.98 Å². The van der Waals surface area contributed by atoms with E-state index < -0.39 is 41.1 Å². The van der Waals surface area contributed by atoms with Crippen LogP contribution in [0.5, 0.6) is 0 Å². The number of nitrogens with zero attached hydrogens (tertiary/aromatic N) is 3. The zero-order valence-electron chi connectivity index (χ0n) is 13.1. The largest absolute Gasteiger partial charge is 0.345 e. The number of pyridine rings is 1. The van der Waals surface area contributed by atoms with E-state index in [9.17, 15) is 27.7 Å². The molecule has 1 fully saturated rings. The van der Waals surface area contributed by atoms with Crippen molar-refractivity contribution in [2.24, 2.45) is 0 Å². The summed E-state index contributed by atoms with van der Waals surface area (Å²) in [6, 6.07) is 3.82. The first kappa shape index (κ1) is 17.1. The van der Waals surface area contributed by atoms with Crippen molar-refractivity contribution in [2.45, 2.75) is 19.3 Å². The second-order valence-electron chi connectivity index (χ2n) is 5.89. The summed E-state index contributed by atoms with van der Waals surface area (Å²) in [6.07, 6.45) is -0.455. The smallest absolute Gasteiger partial charge is 0.319 e. The number of aryl methyl sites for hydroxylation is 1. The summed E-state index contributed by atoms with van der Waals surface area (Å²) in [5.41, 5.74) is -0.855. The summed E-state index contributed by atoms with van der Waals surface area (Å²) >= 11 is 0. The number of nitro groups is 1. The van der Waals surface area contributed by atoms with Gasteiger partial charge in [0, 0.05) is 24.2 Å². The fourth-order valence-electron chi connectivity index (χ4n) is 2.88. The van der Waals surface area contributed by atoms with Crippen molar-refractivity contribution in [3.05, 3.63) is 51.7 Å². The maximum Gasteiger partial charge on any atom is 0.319 e. The molecule has 1 saturated heterocycles. The number of hydrogen-bond acceptors (Lipinski definition) is 4. The second-order valence-corrected chi connectivity index (χ2v) is 5.89. The molecule has 25 heavy (non-hydrogen) atoms. The van der Waals surface area contributed by atoms with E-state index in [-0.39, 0.29) is 29.2 Å². The molecule has 0 radical (unpaired) electrons. The lowest BCUT2D eigenvalue weighted by molar-refractivity contribution is -0.383. The van der Waals surface area contributed by atoms with Crippen LogP contribution in [0.4, 0.5) is 29.1 Å². The lowest BCUT2D eigenvalue weighted by atomic mass is 10.0. The summed E-state index contributed by atoms with van der Waals surface area (Å²) in [4.78, 5) is 15.9. The number of halogens is 4. The van der Waals surface area contributed by atoms with E-state index >= 15 is 0 Å². The number of alkyl halides is 2. The molecular weight excluding hydrogens is 342 g/mol. The quantitative estimate of drug-likeness (QED) is 0.473. The number of anilines is 1. The molecule has 0 bridgehead atoms. The monoisotopic (exact) mass is 355 g/mol. The highest BCUT2D eigenvalue weighted by atomic mass is 19.3. The van der Waals surface area contributed by atoms with Gasteiger partial charge in [0.2, 0.25) is 5.82 Å². The lowest BCUT2D eigenvalue weighted by Crippen LogP contribution is -2.26. The van der Waals surface area contributed by atoms with Crippen LogP contribution < -0.4 is 4.90 Å². The van der Waals surface area contributed by atoms with Crippen LogP contribution in [0, 0.1) is 28.7 Å². The number of benzene rings is 1. The van der Waals surface area contributed by atoms with Gasteiger partial charge >= 0.3 is 5.69 Å². The molecule has 0 amide bonds. The van der Waals surface area contributed by atoms with Crippen molar-refractivity contribution in [1.29, 1.82) is 0 Å². The second kappa shape index (κ2) is 5.98. The Kier molecular flexibility index (Phi) is 4.09. The maximum atomic E-state index is 14.1. The highest BCUT2D eigenvalue weighted by molar-refractivity contribution is 5.81. The topological polar surface area (TPSA) is 59.3 Å². The third-order valence-corrected chi connectivity index (χ3v) is 3.97. The number of aromatic nitrogens is 1. The molecule has 2 heterocycles. The first-order valence-electron chi connectivity index (χ1n) is 7.42. The van der Waals surface area contributed by atoms with Crippen LogP contribution in [0.25, 0.3) is 11.1 Å². The maximum absolute atomic E-state index is 14.1. The molecular formula is C16H13F4N3O2. The van der Waals surface area contributed by atoms with Gasteiger partial charge in [-0.1, -0.05) is 0 Å². The Hall–Kier alpha value is -2.71. The molecule has 1 aliphatic rings. The van der Waals surface area contributed by atoms with E-state index in [0.29, 0.717) is 0 Å². The molecule has 1 aliphatic heterocycles. The molecule has 5 nitrogen and oxygen atoms in total. The molecule has 0 atom stereocenters. The van der Waals surface area contributed by atoms with Crippen LogP contribution >= 0.6 is 0 Å². The predicted octanol–water partition coefficient (Wildman–Crippen LogP) is 4.09. The summed E-state index contributed by atoms with van der Waals surface area (Å²) in [5.74, 6) is -4.87. The normalized spacial score (nSPS) is 16.3. The van der Waals surface area contributed by atoms with E-state index in [1.54, 1.807) is 0 Å². The van der Waals surface area contributed by atoms with Gasteiger partial charge in [0.25, 0.3) is 5.92 Å². The average Bonchev–Trinajstić information content (AvgIpc) is 2.88. The van der Waals surface area contributed by atoms with Crippen molar-refractivity contribution in [3.8, 4) is 11.1 Å². The molecule has 9 heteroatoms. The first-order valence-corrected chi connectivity index (χ1v) is 7.42. The highest BCUT2D eigenvalue weighted by Crippen LogP contribution is 2.41. The molecule has 2 aromatic rings. The van der Waals surface area contributed by atoms with E-state index in [1.165, 1.54) is 13.0 Å². The van der Waals surface area contributed by atoms with Crippen LogP contribution in [-0.2, 0) is 0 Å². The molecule has 1 aromatic carbocycles. The summed E-state index contributed by atoms with van der Waals surface area (Å²) < 4.78 is 54.6. The minimum Gasteiger partial charge on any atom is -0.345 e. The molecule has 1 aromatic heterocycles. The van der Waals surface area contributed by atoms with Gasteiger partial charge in [0.05, 0.1) is 17.0 Å². The molecule has 0 spiro atoms. The van der Waals surface area contributed by atoms with Gasteiger partial charge < -0.3 is 4.90 Å². The molecule has 0 aliphatic carbocycles. The first-order chi connectivity index (χ1) is 11.7. The standard InChI is InChI=1S/C16H13F4N3O2/c1-9-6-12(11-7-10(17)2-3-13(11)18)14(23(24)25)15(21-9)22-5-4-16(19,20)8-22/h2-3,6-7H,4-5,8H2,1H3. The Morgan fingerprint density at radius 2 is 1.96 bits per heavy atom. The van der Waals surface area contributed by atoms with E-state index in [1.807, 2.05) is 0 Å². The molecule has 0 unspecified atom stereocenters. The van der Waals surface area contributed by atoms with Gasteiger partial charge in [-0.3, -0.25) is 10.1 Å². The highest BCUT2D eigenvalue weighted by Gasteiger charge is 2.41. The van der Waals surface area contributed by atoms with Crippen LogP contribution in [0.15, 0.2) is 24.3 Å². The van der Waals surface area contributed by atoms with E-state index in [4.69, 9.17) is 0 Å². The van der Waals surface area contributed by atoms with Crippen LogP contribution in [-0.4, -0.2) is 28.9 Å². The van der Waals surface area contributed by atoms with Gasteiger partial charge in [-0.05, 0) is 31.2 Å². The van der Waals surface area contributed by atoms with Crippen molar-refractivity contribution in [2.75, 3.05) is 18.0 Å². The fourth-order valence-corrected chi connectivity index (χ4v) is 2.88. The minimum atomic E-state index is -2.98. The molecule has 0 N–H and O–H groups in total. The SMILES string of the molecule is Cc1cc(-c2cc(F)ccc2F)c([N+](=O)[O-])c(N2CCC(F)(F)C2)n1. The molecule has 3 rings (SSSR count). The number of rotatable bonds is 3.